The van der Waals surface area contributed by atoms with Gasteiger partial charge in [0.05, 0.1) is 26.4 Å². The monoisotopic (exact) mass is 440 g/mol. The number of hydrogen-bond donors (Lipinski definition) is 8. The van der Waals surface area contributed by atoms with E-state index in [1.165, 1.54) is 0 Å². The van der Waals surface area contributed by atoms with Crippen molar-refractivity contribution >= 4 is 0 Å². The van der Waals surface area contributed by atoms with Crippen LogP contribution in [0.2, 0.25) is 0 Å². The van der Waals surface area contributed by atoms with Crippen molar-refractivity contribution in [2.45, 2.75) is 61.4 Å². The first-order valence-corrected chi connectivity index (χ1v) is 9.29. The fraction of sp³-hybridized carbons (Fsp3) is 0.778. The van der Waals surface area contributed by atoms with E-state index >= 15 is 0 Å². The van der Waals surface area contributed by atoms with Crippen LogP contribution in [0.3, 0.4) is 0 Å². The first-order chi connectivity index (χ1) is 14.2. The summed E-state index contributed by atoms with van der Waals surface area (Å²) in [5.41, 5.74) is 0. The molecule has 10 atom stereocenters. The van der Waals surface area contributed by atoms with Crippen LogP contribution in [0.25, 0.3) is 0 Å². The highest BCUT2D eigenvalue weighted by Gasteiger charge is 2.50. The number of hydrogen-bond acceptors (Lipinski definition) is 12. The fourth-order valence-electron chi connectivity index (χ4n) is 2.80. The summed E-state index contributed by atoms with van der Waals surface area (Å²) in [6.07, 6.45) is -12.1. The molecule has 176 valence electrons. The van der Waals surface area contributed by atoms with E-state index in [1.807, 2.05) is 0 Å². The Kier molecular flexibility index (Phi) is 12.1. The molecular weight excluding hydrogens is 408 g/mol. The lowest BCUT2D eigenvalue weighted by molar-refractivity contribution is -0.355. The van der Waals surface area contributed by atoms with E-state index in [2.05, 4.69) is 13.2 Å². The summed E-state index contributed by atoms with van der Waals surface area (Å²) in [7, 11) is 0. The van der Waals surface area contributed by atoms with Gasteiger partial charge in [-0.3, -0.25) is 0 Å². The average Bonchev–Trinajstić information content (AvgIpc) is 2.74. The van der Waals surface area contributed by atoms with Crippen LogP contribution in [0.5, 0.6) is 0 Å². The molecular formula is C18H32O12. The minimum atomic E-state index is -1.74. The molecule has 0 aliphatic carbocycles. The SMILES string of the molecule is C=CCOCC=C.OC[C@H]1O[C@H](O[C@H]2[C@H](O)[C@@H](O)[C@H](O)O[C@@H]2CO)[C@H](O)[C@@H](O)[C@@H]1O. The summed E-state index contributed by atoms with van der Waals surface area (Å²) in [5, 5.41) is 76.5. The van der Waals surface area contributed by atoms with Crippen LogP contribution in [0.4, 0.5) is 0 Å². The van der Waals surface area contributed by atoms with Gasteiger partial charge in [0.25, 0.3) is 0 Å². The minimum absolute atomic E-state index is 0.617. The van der Waals surface area contributed by atoms with Gasteiger partial charge in [-0.25, -0.2) is 0 Å². The quantitative estimate of drug-likeness (QED) is 0.135. The van der Waals surface area contributed by atoms with Gasteiger partial charge >= 0.3 is 0 Å². The van der Waals surface area contributed by atoms with Crippen molar-refractivity contribution in [2.75, 3.05) is 26.4 Å². The van der Waals surface area contributed by atoms with E-state index in [0.29, 0.717) is 13.2 Å². The molecule has 8 N–H and O–H groups in total. The van der Waals surface area contributed by atoms with Crippen LogP contribution in [-0.4, -0.2) is 129 Å². The Morgan fingerprint density at radius 2 is 1.27 bits per heavy atom. The summed E-state index contributed by atoms with van der Waals surface area (Å²) in [6.45, 7) is 6.84. The van der Waals surface area contributed by atoms with Gasteiger partial charge in [0, 0.05) is 0 Å². The third-order valence-electron chi connectivity index (χ3n) is 4.45. The van der Waals surface area contributed by atoms with Gasteiger partial charge in [-0.05, 0) is 0 Å². The number of ether oxygens (including phenoxy) is 4. The molecule has 0 saturated carbocycles. The largest absolute Gasteiger partial charge is 0.394 e. The third-order valence-corrected chi connectivity index (χ3v) is 4.45. The van der Waals surface area contributed by atoms with E-state index in [4.69, 9.17) is 24.1 Å². The maximum absolute atomic E-state index is 9.94. The zero-order valence-corrected chi connectivity index (χ0v) is 16.4. The van der Waals surface area contributed by atoms with Crippen LogP contribution in [-0.2, 0) is 18.9 Å². The Hall–Kier alpha value is -1.00. The molecule has 0 aromatic carbocycles. The Bertz CT molecular complexity index is 494. The topological polar surface area (TPSA) is 199 Å². The predicted octanol–water partition coefficient (Wildman–Crippen LogP) is -4.02. The molecule has 12 nitrogen and oxygen atoms in total. The maximum atomic E-state index is 9.94. The molecule has 2 aliphatic heterocycles. The highest BCUT2D eigenvalue weighted by Crippen LogP contribution is 2.28. The lowest BCUT2D eigenvalue weighted by Crippen LogP contribution is -2.64. The van der Waals surface area contributed by atoms with E-state index in [1.54, 1.807) is 12.2 Å². The van der Waals surface area contributed by atoms with Gasteiger partial charge < -0.3 is 59.8 Å². The van der Waals surface area contributed by atoms with Gasteiger partial charge in [-0.1, -0.05) is 12.2 Å². The molecule has 2 fully saturated rings. The minimum Gasteiger partial charge on any atom is -0.394 e. The van der Waals surface area contributed by atoms with Gasteiger partial charge in [-0.2, -0.15) is 0 Å². The van der Waals surface area contributed by atoms with Crippen molar-refractivity contribution in [3.05, 3.63) is 25.3 Å². The first kappa shape index (κ1) is 27.0. The smallest absolute Gasteiger partial charge is 0.187 e. The second-order valence-electron chi connectivity index (χ2n) is 6.64. The van der Waals surface area contributed by atoms with Crippen LogP contribution in [0.1, 0.15) is 0 Å². The second-order valence-corrected chi connectivity index (χ2v) is 6.64. The molecule has 2 aliphatic rings. The van der Waals surface area contributed by atoms with Crippen molar-refractivity contribution in [2.24, 2.45) is 0 Å². The zero-order chi connectivity index (χ0) is 22.8. The molecule has 30 heavy (non-hydrogen) atoms. The fourth-order valence-corrected chi connectivity index (χ4v) is 2.80. The van der Waals surface area contributed by atoms with Crippen molar-refractivity contribution in [3.63, 3.8) is 0 Å². The van der Waals surface area contributed by atoms with Crippen LogP contribution < -0.4 is 0 Å². The highest BCUT2D eigenvalue weighted by molar-refractivity contribution is 4.93. The average molecular weight is 440 g/mol. The summed E-state index contributed by atoms with van der Waals surface area (Å²) in [5.74, 6) is 0. The van der Waals surface area contributed by atoms with E-state index in [0.717, 1.165) is 0 Å². The summed E-state index contributed by atoms with van der Waals surface area (Å²) < 4.78 is 20.2. The molecule has 0 spiro atoms. The Labute approximate surface area is 173 Å². The van der Waals surface area contributed by atoms with Crippen molar-refractivity contribution in [1.29, 1.82) is 0 Å². The Morgan fingerprint density at radius 1 is 0.700 bits per heavy atom. The predicted molar refractivity (Wildman–Crippen MR) is 99.8 cm³/mol. The third kappa shape index (κ3) is 7.02. The van der Waals surface area contributed by atoms with Crippen LogP contribution in [0, 0.1) is 0 Å². The first-order valence-electron chi connectivity index (χ1n) is 9.29. The second kappa shape index (κ2) is 13.4. The lowest BCUT2D eigenvalue weighted by Gasteiger charge is -2.45. The van der Waals surface area contributed by atoms with Gasteiger partial charge in [0.2, 0.25) is 0 Å². The molecule has 2 rings (SSSR count). The molecule has 0 aromatic rings. The summed E-state index contributed by atoms with van der Waals surface area (Å²) >= 11 is 0. The van der Waals surface area contributed by atoms with Gasteiger partial charge in [0.15, 0.2) is 12.6 Å². The van der Waals surface area contributed by atoms with Crippen molar-refractivity contribution < 1.29 is 59.8 Å². The lowest BCUT2D eigenvalue weighted by atomic mass is 9.97. The number of aliphatic hydroxyl groups is 8. The molecule has 0 bridgehead atoms. The molecule has 2 saturated heterocycles. The van der Waals surface area contributed by atoms with Crippen molar-refractivity contribution in [1.82, 2.24) is 0 Å². The summed E-state index contributed by atoms with van der Waals surface area (Å²) in [4.78, 5) is 0. The Morgan fingerprint density at radius 3 is 1.77 bits per heavy atom. The maximum Gasteiger partial charge on any atom is 0.187 e. The standard InChI is InChI=1S/C12H22O11.C6H10O/c13-1-3-5(15)6(16)9(19)12(22-3)23-10-4(2-14)21-11(20)8(18)7(10)17;1-3-5-7-6-4-2/h3-20H,1-2H2;3-4H,1-2,5-6H2/t3-,4-,5-,6+,7-,8-,9-,10-,11-,12-;/m1./s1. The van der Waals surface area contributed by atoms with E-state index in [9.17, 15) is 35.7 Å². The number of rotatable bonds is 8. The normalized spacial score (nSPS) is 41.5. The zero-order valence-electron chi connectivity index (χ0n) is 16.4. The summed E-state index contributed by atoms with van der Waals surface area (Å²) in [6, 6.07) is 0. The molecule has 2 heterocycles. The van der Waals surface area contributed by atoms with E-state index < -0.39 is 74.6 Å². The molecule has 0 amide bonds. The molecule has 0 aromatic heterocycles. The molecule has 0 radical (unpaired) electrons. The van der Waals surface area contributed by atoms with Gasteiger partial charge in [0.1, 0.15) is 48.8 Å². The van der Waals surface area contributed by atoms with Crippen molar-refractivity contribution in [3.8, 4) is 0 Å². The molecule has 12 heteroatoms. The number of aliphatic hydroxyl groups excluding tert-OH is 8. The van der Waals surface area contributed by atoms with E-state index in [-0.39, 0.29) is 0 Å². The van der Waals surface area contributed by atoms with Crippen LogP contribution in [0.15, 0.2) is 25.3 Å². The highest BCUT2D eigenvalue weighted by atomic mass is 16.7. The van der Waals surface area contributed by atoms with Crippen LogP contribution >= 0.6 is 0 Å². The molecule has 0 unspecified atom stereocenters. The Balaban J connectivity index is 0.000000553. The van der Waals surface area contributed by atoms with Gasteiger partial charge in [-0.15, -0.1) is 13.2 Å².